The molecule has 0 aromatic heterocycles. The van der Waals surface area contributed by atoms with Crippen molar-refractivity contribution < 1.29 is 14.9 Å². The van der Waals surface area contributed by atoms with E-state index < -0.39 is 0 Å². The van der Waals surface area contributed by atoms with Crippen LogP contribution < -0.4 is 0 Å². The molecule has 0 aliphatic rings. The molecule has 2 aromatic rings. The molecule has 136 valence electrons. The maximum absolute atomic E-state index is 9.59. The number of rotatable bonds is 10. The molecule has 0 amide bonds. The number of benzene rings is 2. The van der Waals surface area contributed by atoms with Crippen molar-refractivity contribution in [1.82, 2.24) is 0 Å². The normalized spacial score (nSPS) is 12.3. The smallest absolute Gasteiger partial charge is 0.0802 e. The molecule has 0 aliphatic carbocycles. The number of aliphatic hydroxyl groups excluding tert-OH is 2. The molecule has 2 rings (SSSR count). The maximum Gasteiger partial charge on any atom is 0.0802 e. The zero-order valence-electron chi connectivity index (χ0n) is 15.4. The lowest BCUT2D eigenvalue weighted by Crippen LogP contribution is -2.15. The largest absolute Gasteiger partial charge is 0.394 e. The number of ether oxygens (including phenoxy) is 1. The summed E-state index contributed by atoms with van der Waals surface area (Å²) in [4.78, 5) is 0. The highest BCUT2D eigenvalue weighted by Crippen LogP contribution is 2.19. The number of hydrogen-bond donors (Lipinski definition) is 2. The Hall–Kier alpha value is -1.68. The molecule has 0 fully saturated rings. The number of methoxy groups -OCH3 is 1. The number of aryl methyl sites for hydroxylation is 2. The fourth-order valence-electron chi connectivity index (χ4n) is 3.11. The van der Waals surface area contributed by atoms with Gasteiger partial charge in [-0.2, -0.15) is 0 Å². The first-order chi connectivity index (χ1) is 12.2. The van der Waals surface area contributed by atoms with Gasteiger partial charge in [-0.1, -0.05) is 49.4 Å². The molecule has 0 spiro atoms. The fraction of sp³-hybridized carbons (Fsp3) is 0.455. The van der Waals surface area contributed by atoms with E-state index in [-0.39, 0.29) is 19.3 Å². The van der Waals surface area contributed by atoms with Gasteiger partial charge in [0.1, 0.15) is 0 Å². The predicted octanol–water partition coefficient (Wildman–Crippen LogP) is 3.66. The summed E-state index contributed by atoms with van der Waals surface area (Å²) < 4.78 is 5.22. The minimum absolute atomic E-state index is 0.0527. The number of aliphatic hydroxyl groups is 2. The monoisotopic (exact) mass is 342 g/mol. The maximum atomic E-state index is 9.59. The Labute approximate surface area is 151 Å². The predicted molar refractivity (Wildman–Crippen MR) is 102 cm³/mol. The van der Waals surface area contributed by atoms with Crippen molar-refractivity contribution in [3.63, 3.8) is 0 Å². The van der Waals surface area contributed by atoms with Crippen LogP contribution in [0.5, 0.6) is 0 Å². The molecule has 25 heavy (non-hydrogen) atoms. The summed E-state index contributed by atoms with van der Waals surface area (Å²) in [7, 11) is 1.63. The quantitative estimate of drug-likeness (QED) is 0.693. The second kappa shape index (κ2) is 10.3. The van der Waals surface area contributed by atoms with Crippen LogP contribution in [0.4, 0.5) is 0 Å². The van der Waals surface area contributed by atoms with E-state index in [0.29, 0.717) is 0 Å². The molecule has 0 radical (unpaired) electrons. The first kappa shape index (κ1) is 19.6. The molecule has 0 aliphatic heterocycles. The summed E-state index contributed by atoms with van der Waals surface area (Å²) in [6.07, 6.45) is 4.50. The second-order valence-electron chi connectivity index (χ2n) is 6.54. The first-order valence-electron chi connectivity index (χ1n) is 9.13. The Morgan fingerprint density at radius 2 is 1.60 bits per heavy atom. The van der Waals surface area contributed by atoms with Gasteiger partial charge in [-0.3, -0.25) is 0 Å². The van der Waals surface area contributed by atoms with Crippen molar-refractivity contribution in [1.29, 1.82) is 0 Å². The molecule has 0 saturated carbocycles. The van der Waals surface area contributed by atoms with Crippen molar-refractivity contribution in [3.05, 3.63) is 70.3 Å². The zero-order chi connectivity index (χ0) is 18.1. The van der Waals surface area contributed by atoms with Gasteiger partial charge in [-0.25, -0.2) is 0 Å². The third-order valence-electron chi connectivity index (χ3n) is 4.79. The average molecular weight is 342 g/mol. The van der Waals surface area contributed by atoms with Gasteiger partial charge in [0.05, 0.1) is 19.3 Å². The molecule has 3 nitrogen and oxygen atoms in total. The van der Waals surface area contributed by atoms with E-state index in [1.54, 1.807) is 7.11 Å². The number of hydrogen-bond acceptors (Lipinski definition) is 3. The highest BCUT2D eigenvalue weighted by molar-refractivity contribution is 5.35. The molecule has 0 heterocycles. The average Bonchev–Trinajstić information content (AvgIpc) is 2.66. The Kier molecular flexibility index (Phi) is 8.13. The highest BCUT2D eigenvalue weighted by atomic mass is 16.5. The van der Waals surface area contributed by atoms with E-state index in [2.05, 4.69) is 43.3 Å². The van der Waals surface area contributed by atoms with Crippen molar-refractivity contribution in [2.45, 2.75) is 51.7 Å². The first-order valence-corrected chi connectivity index (χ1v) is 9.13. The Morgan fingerprint density at radius 3 is 2.20 bits per heavy atom. The second-order valence-corrected chi connectivity index (χ2v) is 6.54. The standard InChI is InChI=1S/C22H30O3/c1-3-17-7-9-18(10-8-17)13-19-11-12-21(15-23)20(14-19)5-4-6-22(16-24)25-2/h7-12,14,22-24H,3-6,13,15-16H2,1-2H3. The van der Waals surface area contributed by atoms with Crippen LogP contribution in [-0.4, -0.2) is 30.0 Å². The van der Waals surface area contributed by atoms with Crippen LogP contribution >= 0.6 is 0 Å². The summed E-state index contributed by atoms with van der Waals surface area (Å²) in [5.41, 5.74) is 6.11. The Balaban J connectivity index is 2.04. The van der Waals surface area contributed by atoms with Gasteiger partial charge in [0, 0.05) is 7.11 Å². The Bertz CT molecular complexity index is 630. The minimum atomic E-state index is -0.0992. The fourth-order valence-corrected chi connectivity index (χ4v) is 3.11. The van der Waals surface area contributed by atoms with Crippen LogP contribution in [0, 0.1) is 0 Å². The van der Waals surface area contributed by atoms with Crippen molar-refractivity contribution in [2.24, 2.45) is 0 Å². The van der Waals surface area contributed by atoms with Crippen LogP contribution in [0.25, 0.3) is 0 Å². The van der Waals surface area contributed by atoms with E-state index in [1.807, 2.05) is 6.07 Å². The van der Waals surface area contributed by atoms with Gasteiger partial charge in [0.2, 0.25) is 0 Å². The van der Waals surface area contributed by atoms with E-state index in [4.69, 9.17) is 4.74 Å². The topological polar surface area (TPSA) is 49.7 Å². The van der Waals surface area contributed by atoms with Crippen LogP contribution in [0.2, 0.25) is 0 Å². The summed E-state index contributed by atoms with van der Waals surface area (Å²) in [6, 6.07) is 15.1. The van der Waals surface area contributed by atoms with E-state index in [9.17, 15) is 10.2 Å². The van der Waals surface area contributed by atoms with E-state index >= 15 is 0 Å². The molecule has 2 aromatic carbocycles. The molecule has 1 atom stereocenters. The van der Waals surface area contributed by atoms with Crippen molar-refractivity contribution >= 4 is 0 Å². The molecule has 2 N–H and O–H groups in total. The van der Waals surface area contributed by atoms with Gasteiger partial charge in [-0.15, -0.1) is 0 Å². The summed E-state index contributed by atoms with van der Waals surface area (Å²) in [6.45, 7) is 2.28. The van der Waals surface area contributed by atoms with Crippen LogP contribution in [-0.2, 0) is 30.6 Å². The molecular weight excluding hydrogens is 312 g/mol. The summed E-state index contributed by atoms with van der Waals surface area (Å²) >= 11 is 0. The van der Waals surface area contributed by atoms with E-state index in [0.717, 1.165) is 37.7 Å². The van der Waals surface area contributed by atoms with Gasteiger partial charge in [0.25, 0.3) is 0 Å². The van der Waals surface area contributed by atoms with Crippen LogP contribution in [0.3, 0.4) is 0 Å². The SMILES string of the molecule is CCc1ccc(Cc2ccc(CO)c(CCCC(CO)OC)c2)cc1. The lowest BCUT2D eigenvalue weighted by atomic mass is 9.95. The van der Waals surface area contributed by atoms with Crippen LogP contribution in [0.1, 0.15) is 47.6 Å². The molecule has 0 saturated heterocycles. The minimum Gasteiger partial charge on any atom is -0.394 e. The molecule has 0 bridgehead atoms. The summed E-state index contributed by atoms with van der Waals surface area (Å²) in [5, 5.41) is 18.8. The van der Waals surface area contributed by atoms with Gasteiger partial charge in [0.15, 0.2) is 0 Å². The molecule has 1 unspecified atom stereocenters. The molecule has 3 heteroatoms. The van der Waals surface area contributed by atoms with Crippen molar-refractivity contribution in [3.8, 4) is 0 Å². The lowest BCUT2D eigenvalue weighted by Gasteiger charge is -2.14. The Morgan fingerprint density at radius 1 is 0.920 bits per heavy atom. The van der Waals surface area contributed by atoms with Crippen molar-refractivity contribution in [2.75, 3.05) is 13.7 Å². The lowest BCUT2D eigenvalue weighted by molar-refractivity contribution is 0.0420. The highest BCUT2D eigenvalue weighted by Gasteiger charge is 2.08. The molecular formula is C22H30O3. The van der Waals surface area contributed by atoms with Gasteiger partial charge >= 0.3 is 0 Å². The zero-order valence-corrected chi connectivity index (χ0v) is 15.4. The third kappa shape index (κ3) is 5.96. The third-order valence-corrected chi connectivity index (χ3v) is 4.79. The van der Waals surface area contributed by atoms with Gasteiger partial charge in [-0.05, 0) is 59.9 Å². The van der Waals surface area contributed by atoms with Crippen LogP contribution in [0.15, 0.2) is 42.5 Å². The summed E-state index contributed by atoms with van der Waals surface area (Å²) in [5.74, 6) is 0. The van der Waals surface area contributed by atoms with E-state index in [1.165, 1.54) is 22.3 Å². The van der Waals surface area contributed by atoms with Gasteiger partial charge < -0.3 is 14.9 Å².